The van der Waals surface area contributed by atoms with Crippen molar-refractivity contribution < 1.29 is 0 Å². The Morgan fingerprint density at radius 3 is 3.00 bits per heavy atom. The molecule has 1 aliphatic carbocycles. The SMILES string of the molecule is CC1CC1n1c(-c2cccnc2)n[nH]c1=S. The van der Waals surface area contributed by atoms with Crippen molar-refractivity contribution in [2.75, 3.05) is 0 Å². The van der Waals surface area contributed by atoms with Crippen molar-refractivity contribution in [1.29, 1.82) is 0 Å². The molecule has 5 heteroatoms. The van der Waals surface area contributed by atoms with E-state index in [0.717, 1.165) is 11.4 Å². The molecule has 0 amide bonds. The average molecular weight is 232 g/mol. The molecule has 0 spiro atoms. The van der Waals surface area contributed by atoms with Crippen LogP contribution in [0.5, 0.6) is 0 Å². The molecule has 2 aromatic heterocycles. The van der Waals surface area contributed by atoms with Gasteiger partial charge in [0.2, 0.25) is 0 Å². The highest BCUT2D eigenvalue weighted by Crippen LogP contribution is 2.44. The zero-order valence-corrected chi connectivity index (χ0v) is 9.74. The first kappa shape index (κ1) is 9.72. The third-order valence-corrected chi connectivity index (χ3v) is 3.31. The summed E-state index contributed by atoms with van der Waals surface area (Å²) in [6, 6.07) is 4.41. The monoisotopic (exact) mass is 232 g/mol. The lowest BCUT2D eigenvalue weighted by Gasteiger charge is -2.04. The molecule has 16 heavy (non-hydrogen) atoms. The molecule has 0 bridgehead atoms. The minimum Gasteiger partial charge on any atom is -0.297 e. The van der Waals surface area contributed by atoms with Crippen LogP contribution in [0.4, 0.5) is 0 Å². The molecule has 1 saturated carbocycles. The molecule has 0 radical (unpaired) electrons. The fourth-order valence-corrected chi connectivity index (χ4v) is 2.24. The molecule has 2 aromatic rings. The molecule has 0 saturated heterocycles. The van der Waals surface area contributed by atoms with E-state index in [9.17, 15) is 0 Å². The number of nitrogens with zero attached hydrogens (tertiary/aromatic N) is 3. The van der Waals surface area contributed by atoms with Gasteiger partial charge in [-0.15, -0.1) is 0 Å². The lowest BCUT2D eigenvalue weighted by Crippen LogP contribution is -1.99. The number of nitrogens with one attached hydrogen (secondary N) is 1. The van der Waals surface area contributed by atoms with Crippen LogP contribution in [0.2, 0.25) is 0 Å². The smallest absolute Gasteiger partial charge is 0.195 e. The second-order valence-electron chi connectivity index (χ2n) is 4.24. The van der Waals surface area contributed by atoms with Gasteiger partial charge in [0.1, 0.15) is 0 Å². The molecule has 3 rings (SSSR count). The third-order valence-electron chi connectivity index (χ3n) is 3.02. The number of hydrogen-bond acceptors (Lipinski definition) is 3. The Morgan fingerprint density at radius 2 is 2.38 bits per heavy atom. The van der Waals surface area contributed by atoms with E-state index in [4.69, 9.17) is 12.2 Å². The summed E-state index contributed by atoms with van der Waals surface area (Å²) in [5.74, 6) is 1.59. The maximum atomic E-state index is 5.27. The Bertz CT molecular complexity index is 557. The Labute approximate surface area is 98.3 Å². The molecular formula is C11H12N4S. The second-order valence-corrected chi connectivity index (χ2v) is 4.63. The molecule has 1 fully saturated rings. The summed E-state index contributed by atoms with van der Waals surface area (Å²) < 4.78 is 2.81. The van der Waals surface area contributed by atoms with Crippen molar-refractivity contribution in [3.63, 3.8) is 0 Å². The molecule has 2 heterocycles. The van der Waals surface area contributed by atoms with Gasteiger partial charge < -0.3 is 0 Å². The van der Waals surface area contributed by atoms with Crippen LogP contribution >= 0.6 is 12.2 Å². The van der Waals surface area contributed by atoms with Crippen LogP contribution in [-0.2, 0) is 0 Å². The Morgan fingerprint density at radius 1 is 1.56 bits per heavy atom. The van der Waals surface area contributed by atoms with Crippen LogP contribution in [0.1, 0.15) is 19.4 Å². The number of hydrogen-bond donors (Lipinski definition) is 1. The standard InChI is InChI=1S/C11H12N4S/c1-7-5-9(7)15-10(13-14-11(15)16)8-3-2-4-12-6-8/h2-4,6-7,9H,5H2,1H3,(H,14,16). The predicted molar refractivity (Wildman–Crippen MR) is 63.5 cm³/mol. The topological polar surface area (TPSA) is 46.5 Å². The lowest BCUT2D eigenvalue weighted by molar-refractivity contribution is 0.681. The van der Waals surface area contributed by atoms with Crippen molar-refractivity contribution in [2.24, 2.45) is 5.92 Å². The molecule has 0 aliphatic heterocycles. The van der Waals surface area contributed by atoms with E-state index in [1.807, 2.05) is 18.3 Å². The van der Waals surface area contributed by atoms with Crippen molar-refractivity contribution in [2.45, 2.75) is 19.4 Å². The molecule has 82 valence electrons. The van der Waals surface area contributed by atoms with Crippen LogP contribution in [-0.4, -0.2) is 19.7 Å². The minimum absolute atomic E-state index is 0.501. The van der Waals surface area contributed by atoms with E-state index in [2.05, 4.69) is 26.7 Å². The van der Waals surface area contributed by atoms with Gasteiger partial charge in [0.05, 0.1) is 0 Å². The summed E-state index contributed by atoms with van der Waals surface area (Å²) in [6.45, 7) is 2.23. The maximum absolute atomic E-state index is 5.27. The van der Waals surface area contributed by atoms with Crippen molar-refractivity contribution in [3.8, 4) is 11.4 Å². The second kappa shape index (κ2) is 3.52. The van der Waals surface area contributed by atoms with Crippen LogP contribution in [0.25, 0.3) is 11.4 Å². The zero-order chi connectivity index (χ0) is 11.1. The van der Waals surface area contributed by atoms with Crippen LogP contribution in [0.3, 0.4) is 0 Å². The van der Waals surface area contributed by atoms with Gasteiger partial charge in [0, 0.05) is 24.0 Å². The highest BCUT2D eigenvalue weighted by atomic mass is 32.1. The number of pyridine rings is 1. The normalized spacial score (nSPS) is 23.3. The van der Waals surface area contributed by atoms with E-state index in [1.54, 1.807) is 6.20 Å². The summed E-state index contributed by atoms with van der Waals surface area (Å²) in [7, 11) is 0. The Balaban J connectivity index is 2.12. The van der Waals surface area contributed by atoms with E-state index in [1.165, 1.54) is 6.42 Å². The average Bonchev–Trinajstić information content (AvgIpc) is 2.88. The van der Waals surface area contributed by atoms with Crippen LogP contribution in [0.15, 0.2) is 24.5 Å². The molecular weight excluding hydrogens is 220 g/mol. The van der Waals surface area contributed by atoms with E-state index in [0.29, 0.717) is 16.7 Å². The highest BCUT2D eigenvalue weighted by molar-refractivity contribution is 7.71. The number of H-pyrrole nitrogens is 1. The van der Waals surface area contributed by atoms with Crippen LogP contribution < -0.4 is 0 Å². The summed E-state index contributed by atoms with van der Waals surface area (Å²) >= 11 is 5.27. The van der Waals surface area contributed by atoms with Gasteiger partial charge in [-0.05, 0) is 36.7 Å². The molecule has 2 atom stereocenters. The molecule has 2 unspecified atom stereocenters. The van der Waals surface area contributed by atoms with Gasteiger partial charge in [0.15, 0.2) is 10.6 Å². The first-order valence-corrected chi connectivity index (χ1v) is 5.75. The molecule has 4 nitrogen and oxygen atoms in total. The largest absolute Gasteiger partial charge is 0.297 e. The number of aromatic nitrogens is 4. The first-order chi connectivity index (χ1) is 7.77. The summed E-state index contributed by atoms with van der Waals surface area (Å²) in [4.78, 5) is 4.11. The Kier molecular flexibility index (Phi) is 2.14. The lowest BCUT2D eigenvalue weighted by atomic mass is 10.2. The van der Waals surface area contributed by atoms with Gasteiger partial charge in [-0.3, -0.25) is 14.6 Å². The van der Waals surface area contributed by atoms with Crippen molar-refractivity contribution >= 4 is 12.2 Å². The number of aromatic amines is 1. The van der Waals surface area contributed by atoms with Crippen molar-refractivity contribution in [3.05, 3.63) is 29.3 Å². The van der Waals surface area contributed by atoms with Crippen molar-refractivity contribution in [1.82, 2.24) is 19.7 Å². The fourth-order valence-electron chi connectivity index (χ4n) is 1.97. The predicted octanol–water partition coefficient (Wildman–Crippen LogP) is 2.58. The molecule has 1 aliphatic rings. The maximum Gasteiger partial charge on any atom is 0.195 e. The van der Waals surface area contributed by atoms with Crippen LogP contribution in [0, 0.1) is 10.7 Å². The molecule has 1 N–H and O–H groups in total. The quantitative estimate of drug-likeness (QED) is 0.809. The van der Waals surface area contributed by atoms with Gasteiger partial charge in [-0.1, -0.05) is 6.92 Å². The highest BCUT2D eigenvalue weighted by Gasteiger charge is 2.36. The van der Waals surface area contributed by atoms with Gasteiger partial charge >= 0.3 is 0 Å². The van der Waals surface area contributed by atoms with E-state index < -0.39 is 0 Å². The summed E-state index contributed by atoms with van der Waals surface area (Å²) in [6.07, 6.45) is 4.75. The number of rotatable bonds is 2. The van der Waals surface area contributed by atoms with Gasteiger partial charge in [0.25, 0.3) is 0 Å². The third kappa shape index (κ3) is 1.48. The van der Waals surface area contributed by atoms with E-state index >= 15 is 0 Å². The molecule has 0 aromatic carbocycles. The summed E-state index contributed by atoms with van der Waals surface area (Å²) in [5, 5.41) is 7.15. The zero-order valence-electron chi connectivity index (χ0n) is 8.92. The first-order valence-electron chi connectivity index (χ1n) is 5.34. The Hall–Kier alpha value is -1.49. The summed E-state index contributed by atoms with van der Waals surface area (Å²) in [5.41, 5.74) is 1.01. The fraction of sp³-hybridized carbons (Fsp3) is 0.364. The van der Waals surface area contributed by atoms with Gasteiger partial charge in [-0.25, -0.2) is 0 Å². The van der Waals surface area contributed by atoms with E-state index in [-0.39, 0.29) is 0 Å². The van der Waals surface area contributed by atoms with Gasteiger partial charge in [-0.2, -0.15) is 5.10 Å². The minimum atomic E-state index is 0.501.